The topological polar surface area (TPSA) is 70.7 Å². The second-order valence-electron chi connectivity index (χ2n) is 9.03. The second-order valence-corrected chi connectivity index (χ2v) is 9.44. The number of nitrogens with zero attached hydrogens (tertiary/aromatic N) is 1. The fourth-order valence-electron chi connectivity index (χ4n) is 4.60. The molecule has 3 aromatic rings. The standard InChI is InChI=1S/C29H32ClN3O3/c1-36-18-15-31-28(34)25-20-23(32-29(35)24-9-5-6-10-26(24)30)11-12-27(25)33-16-13-22(14-17-33)19-21-7-3-2-4-8-21/h2-12,20,22H,13-19H2,1H3,(H,31,34)(H,32,35). The minimum absolute atomic E-state index is 0.192. The van der Waals surface area contributed by atoms with Crippen molar-refractivity contribution in [1.82, 2.24) is 5.32 Å². The molecular formula is C29H32ClN3O3. The zero-order valence-corrected chi connectivity index (χ0v) is 21.3. The Morgan fingerprint density at radius 3 is 2.39 bits per heavy atom. The molecule has 0 unspecified atom stereocenters. The quantitative estimate of drug-likeness (QED) is 0.380. The van der Waals surface area contributed by atoms with Gasteiger partial charge in [-0.15, -0.1) is 0 Å². The van der Waals surface area contributed by atoms with Gasteiger partial charge < -0.3 is 20.3 Å². The van der Waals surface area contributed by atoms with Gasteiger partial charge in [-0.1, -0.05) is 54.1 Å². The van der Waals surface area contributed by atoms with Crippen molar-refractivity contribution in [1.29, 1.82) is 0 Å². The van der Waals surface area contributed by atoms with Crippen molar-refractivity contribution in [3.63, 3.8) is 0 Å². The summed E-state index contributed by atoms with van der Waals surface area (Å²) in [6.45, 7) is 2.58. The first-order valence-corrected chi connectivity index (χ1v) is 12.7. The highest BCUT2D eigenvalue weighted by Crippen LogP contribution is 2.30. The number of carbonyl (C=O) groups excluding carboxylic acids is 2. The van der Waals surface area contributed by atoms with E-state index in [1.54, 1.807) is 37.4 Å². The molecule has 2 N–H and O–H groups in total. The summed E-state index contributed by atoms with van der Waals surface area (Å²) in [5, 5.41) is 6.17. The maximum Gasteiger partial charge on any atom is 0.257 e. The lowest BCUT2D eigenvalue weighted by atomic mass is 9.89. The predicted molar refractivity (Wildman–Crippen MR) is 145 cm³/mol. The van der Waals surface area contributed by atoms with Crippen LogP contribution < -0.4 is 15.5 Å². The fraction of sp³-hybridized carbons (Fsp3) is 0.310. The van der Waals surface area contributed by atoms with E-state index in [1.165, 1.54) is 5.56 Å². The number of rotatable bonds is 9. The first kappa shape index (κ1) is 25.7. The van der Waals surface area contributed by atoms with Crippen molar-refractivity contribution in [2.45, 2.75) is 19.3 Å². The van der Waals surface area contributed by atoms with Gasteiger partial charge in [-0.25, -0.2) is 0 Å². The summed E-state index contributed by atoms with van der Waals surface area (Å²) in [4.78, 5) is 28.2. The molecule has 36 heavy (non-hydrogen) atoms. The van der Waals surface area contributed by atoms with E-state index in [9.17, 15) is 9.59 Å². The number of halogens is 1. The van der Waals surface area contributed by atoms with Gasteiger partial charge in [-0.3, -0.25) is 9.59 Å². The molecule has 188 valence electrons. The lowest BCUT2D eigenvalue weighted by Gasteiger charge is -2.35. The highest BCUT2D eigenvalue weighted by molar-refractivity contribution is 6.34. The van der Waals surface area contributed by atoms with Crippen LogP contribution in [0.25, 0.3) is 0 Å². The number of hydrogen-bond donors (Lipinski definition) is 2. The minimum atomic E-state index is -0.319. The third kappa shape index (κ3) is 6.65. The highest BCUT2D eigenvalue weighted by atomic mass is 35.5. The van der Waals surface area contributed by atoms with Crippen LogP contribution in [-0.2, 0) is 11.2 Å². The summed E-state index contributed by atoms with van der Waals surface area (Å²) in [7, 11) is 1.60. The molecule has 1 aliphatic heterocycles. The Hall–Kier alpha value is -3.35. The van der Waals surface area contributed by atoms with Crippen LogP contribution in [0.4, 0.5) is 11.4 Å². The minimum Gasteiger partial charge on any atom is -0.383 e. The average molecular weight is 506 g/mol. The van der Waals surface area contributed by atoms with Gasteiger partial charge in [0.15, 0.2) is 0 Å². The summed E-state index contributed by atoms with van der Waals surface area (Å²) in [6, 6.07) is 23.0. The van der Waals surface area contributed by atoms with Crippen LogP contribution in [0.3, 0.4) is 0 Å². The van der Waals surface area contributed by atoms with E-state index in [1.807, 2.05) is 18.2 Å². The molecule has 2 amide bonds. The molecule has 0 aromatic heterocycles. The second kappa shape index (κ2) is 12.6. The Balaban J connectivity index is 1.49. The molecule has 1 heterocycles. The van der Waals surface area contributed by atoms with Crippen LogP contribution in [0.15, 0.2) is 72.8 Å². The molecular weight excluding hydrogens is 474 g/mol. The van der Waals surface area contributed by atoms with E-state index in [0.29, 0.717) is 40.9 Å². The van der Waals surface area contributed by atoms with Crippen molar-refractivity contribution in [2.24, 2.45) is 5.92 Å². The summed E-state index contributed by atoms with van der Waals surface area (Å²) < 4.78 is 5.08. The number of benzene rings is 3. The van der Waals surface area contributed by atoms with Crippen LogP contribution in [0, 0.1) is 5.92 Å². The van der Waals surface area contributed by atoms with Gasteiger partial charge >= 0.3 is 0 Å². The first-order valence-electron chi connectivity index (χ1n) is 12.3. The third-order valence-electron chi connectivity index (χ3n) is 6.53. The molecule has 4 rings (SSSR count). The molecule has 0 aliphatic carbocycles. The monoisotopic (exact) mass is 505 g/mol. The van der Waals surface area contributed by atoms with Crippen LogP contribution in [0.5, 0.6) is 0 Å². The van der Waals surface area contributed by atoms with Gasteiger partial charge in [0, 0.05) is 38.1 Å². The van der Waals surface area contributed by atoms with Crippen molar-refractivity contribution >= 4 is 34.8 Å². The third-order valence-corrected chi connectivity index (χ3v) is 6.86. The highest BCUT2D eigenvalue weighted by Gasteiger charge is 2.24. The van der Waals surface area contributed by atoms with Gasteiger partial charge in [0.05, 0.1) is 22.8 Å². The van der Waals surface area contributed by atoms with Crippen molar-refractivity contribution in [2.75, 3.05) is 43.6 Å². The Labute approximate surface area is 217 Å². The summed E-state index contributed by atoms with van der Waals surface area (Å²) >= 11 is 6.18. The van der Waals surface area contributed by atoms with E-state index < -0.39 is 0 Å². The molecule has 1 fully saturated rings. The van der Waals surface area contributed by atoms with Crippen molar-refractivity contribution in [3.8, 4) is 0 Å². The molecule has 6 nitrogen and oxygen atoms in total. The molecule has 7 heteroatoms. The maximum atomic E-state index is 13.1. The van der Waals surface area contributed by atoms with Crippen molar-refractivity contribution in [3.05, 3.63) is 94.5 Å². The van der Waals surface area contributed by atoms with Gasteiger partial charge in [0.1, 0.15) is 0 Å². The SMILES string of the molecule is COCCNC(=O)c1cc(NC(=O)c2ccccc2Cl)ccc1N1CCC(Cc2ccccc2)CC1. The molecule has 3 aromatic carbocycles. The van der Waals surface area contributed by atoms with Crippen LogP contribution in [0.2, 0.25) is 5.02 Å². The summed E-state index contributed by atoms with van der Waals surface area (Å²) in [5.41, 5.74) is 3.70. The number of nitrogens with one attached hydrogen (secondary N) is 2. The van der Waals surface area contributed by atoms with Gasteiger partial charge in [-0.05, 0) is 61.1 Å². The van der Waals surface area contributed by atoms with Gasteiger partial charge in [-0.2, -0.15) is 0 Å². The Bertz CT molecular complexity index is 1180. The normalized spacial score (nSPS) is 13.9. The number of piperidine rings is 1. The zero-order valence-electron chi connectivity index (χ0n) is 20.5. The summed E-state index contributed by atoms with van der Waals surface area (Å²) in [6.07, 6.45) is 3.20. The number of anilines is 2. The molecule has 0 saturated carbocycles. The summed E-state index contributed by atoms with van der Waals surface area (Å²) in [5.74, 6) is 0.111. The van der Waals surface area contributed by atoms with E-state index in [2.05, 4.69) is 39.8 Å². The first-order chi connectivity index (χ1) is 17.5. The number of ether oxygens (including phenoxy) is 1. The van der Waals surface area contributed by atoms with Crippen LogP contribution in [0.1, 0.15) is 39.1 Å². The van der Waals surface area contributed by atoms with Crippen molar-refractivity contribution < 1.29 is 14.3 Å². The maximum absolute atomic E-state index is 13.1. The largest absolute Gasteiger partial charge is 0.383 e. The number of hydrogen-bond acceptors (Lipinski definition) is 4. The Morgan fingerprint density at radius 1 is 0.944 bits per heavy atom. The van der Waals surface area contributed by atoms with E-state index in [4.69, 9.17) is 16.3 Å². The lowest BCUT2D eigenvalue weighted by Crippen LogP contribution is -2.36. The Kier molecular flexibility index (Phi) is 8.98. The number of methoxy groups -OCH3 is 1. The number of carbonyl (C=O) groups is 2. The molecule has 0 radical (unpaired) electrons. The lowest BCUT2D eigenvalue weighted by molar-refractivity contribution is 0.0936. The molecule has 1 saturated heterocycles. The van der Waals surface area contributed by atoms with E-state index >= 15 is 0 Å². The van der Waals surface area contributed by atoms with Gasteiger partial charge in [0.25, 0.3) is 11.8 Å². The molecule has 0 atom stereocenters. The molecule has 0 bridgehead atoms. The predicted octanol–water partition coefficient (Wildman–Crippen LogP) is 5.43. The molecule has 0 spiro atoms. The van der Waals surface area contributed by atoms with Gasteiger partial charge in [0.2, 0.25) is 0 Å². The van der Waals surface area contributed by atoms with E-state index in [0.717, 1.165) is 38.0 Å². The average Bonchev–Trinajstić information content (AvgIpc) is 2.90. The molecule has 1 aliphatic rings. The zero-order chi connectivity index (χ0) is 25.3. The van der Waals surface area contributed by atoms with Crippen LogP contribution >= 0.6 is 11.6 Å². The van der Waals surface area contributed by atoms with Crippen LogP contribution in [-0.4, -0.2) is 45.2 Å². The van der Waals surface area contributed by atoms with E-state index in [-0.39, 0.29) is 11.8 Å². The Morgan fingerprint density at radius 2 is 1.67 bits per heavy atom. The smallest absolute Gasteiger partial charge is 0.257 e. The number of amides is 2. The fourth-order valence-corrected chi connectivity index (χ4v) is 4.82.